The number of thiocarbonyl (C=S) groups is 1. The highest BCUT2D eigenvalue weighted by Gasteiger charge is 2.52. The molecule has 4 fully saturated rings. The highest BCUT2D eigenvalue weighted by Crippen LogP contribution is 2.40. The maximum atomic E-state index is 13.6. The number of halogens is 1. The molecule has 57 heavy (non-hydrogen) atoms. The molecule has 4 aliphatic rings. The Labute approximate surface area is 344 Å². The van der Waals surface area contributed by atoms with E-state index in [9.17, 15) is 24.4 Å². The first-order valence-electron chi connectivity index (χ1n) is 20.2. The molecule has 1 saturated carbocycles. The van der Waals surface area contributed by atoms with Crippen LogP contribution in [0.4, 0.5) is 5.69 Å². The Bertz CT molecular complexity index is 2130. The highest BCUT2D eigenvalue weighted by atomic mass is 35.5. The fourth-order valence-electron chi connectivity index (χ4n) is 9.81. The number of rotatable bonds is 11. The Balaban J connectivity index is 0.876. The number of para-hydroxylation sites is 1. The number of Topliss-reactive ketones (excluding diaryl/α,β-unsaturated/α-hetero) is 1. The van der Waals surface area contributed by atoms with E-state index in [1.165, 1.54) is 11.1 Å². The predicted molar refractivity (Wildman–Crippen MR) is 222 cm³/mol. The van der Waals surface area contributed by atoms with Gasteiger partial charge in [0.05, 0.1) is 40.6 Å². The predicted octanol–water partition coefficient (Wildman–Crippen LogP) is 5.27. The minimum atomic E-state index is -0.800. The number of carbonyl (C=O) groups excluding carboxylic acids is 4. The highest BCUT2D eigenvalue weighted by molar-refractivity contribution is 7.80. The summed E-state index contributed by atoms with van der Waals surface area (Å²) in [5.41, 5.74) is 2.21. The van der Waals surface area contributed by atoms with Crippen LogP contribution in [-0.4, -0.2) is 108 Å². The maximum Gasteiger partial charge on any atom is 0.258 e. The lowest BCUT2D eigenvalue weighted by Gasteiger charge is -2.44. The van der Waals surface area contributed by atoms with Crippen molar-refractivity contribution >= 4 is 69.0 Å². The molecule has 0 radical (unpaired) electrons. The van der Waals surface area contributed by atoms with Crippen molar-refractivity contribution in [3.05, 3.63) is 52.4 Å². The molecule has 15 heteroatoms. The summed E-state index contributed by atoms with van der Waals surface area (Å²) in [4.78, 5) is 64.3. The number of benzene rings is 1. The molecule has 3 amide bonds. The smallest absolute Gasteiger partial charge is 0.258 e. The number of fused-ring (bicyclic) bond motifs is 1. The molecule has 0 bridgehead atoms. The van der Waals surface area contributed by atoms with Gasteiger partial charge in [0.1, 0.15) is 11.6 Å². The third-order valence-corrected chi connectivity index (χ3v) is 13.3. The Kier molecular flexibility index (Phi) is 11.9. The van der Waals surface area contributed by atoms with Crippen LogP contribution in [0.25, 0.3) is 10.9 Å². The average Bonchev–Trinajstić information content (AvgIpc) is 3.58. The van der Waals surface area contributed by atoms with E-state index in [1.807, 2.05) is 45.2 Å². The molecule has 3 atom stereocenters. The van der Waals surface area contributed by atoms with E-state index in [4.69, 9.17) is 28.9 Å². The van der Waals surface area contributed by atoms with Crippen LogP contribution in [-0.2, 0) is 32.6 Å². The number of aryl methyl sites for hydroxylation is 1. The van der Waals surface area contributed by atoms with Crippen molar-refractivity contribution in [3.8, 4) is 6.07 Å². The van der Waals surface area contributed by atoms with Gasteiger partial charge in [0.15, 0.2) is 16.6 Å². The molecule has 3 aromatic rings. The fraction of sp³-hybridized carbons (Fsp3) is 0.571. The number of nitrogens with one attached hydrogen (secondary N) is 1. The van der Waals surface area contributed by atoms with Crippen LogP contribution in [0.3, 0.4) is 0 Å². The number of carbonyl (C=O) groups is 4. The molecule has 1 aliphatic carbocycles. The van der Waals surface area contributed by atoms with Gasteiger partial charge in [-0.05, 0) is 109 Å². The summed E-state index contributed by atoms with van der Waals surface area (Å²) in [6.07, 6.45) is 8.89. The van der Waals surface area contributed by atoms with Gasteiger partial charge in [-0.25, -0.2) is 4.98 Å². The Hall–Kier alpha value is -4.29. The number of amides is 3. The van der Waals surface area contributed by atoms with E-state index in [0.29, 0.717) is 35.4 Å². The fourth-order valence-corrected chi connectivity index (χ4v) is 10.6. The van der Waals surface area contributed by atoms with Gasteiger partial charge in [0.25, 0.3) is 5.91 Å². The third kappa shape index (κ3) is 8.09. The molecule has 13 nitrogen and oxygen atoms in total. The van der Waals surface area contributed by atoms with Gasteiger partial charge < -0.3 is 9.80 Å². The Morgan fingerprint density at radius 3 is 2.47 bits per heavy atom. The van der Waals surface area contributed by atoms with E-state index in [2.05, 4.69) is 38.8 Å². The minimum Gasteiger partial charge on any atom is -0.331 e. The third-order valence-electron chi connectivity index (χ3n) is 12.7. The lowest BCUT2D eigenvalue weighted by atomic mass is 9.82. The van der Waals surface area contributed by atoms with Crippen molar-refractivity contribution in [2.45, 2.75) is 115 Å². The second kappa shape index (κ2) is 16.5. The standard InChI is InChI=1S/C42H52ClN9O4S/c1-25-22-49(17-7-8-27-11-13-29(14-12-27)52-41(57)51(40(56)42(52,3)4)30-19-34(43)35(20-44)45-21-30)23-26(2)50(25)24-31(53)18-28-9-6-10-32-37(47-48(5)38(28)32)33-15-16-36(54)46-39(33)55/h6,9-10,19,21,25-27,29,33H,7-8,11-18,22-24H2,1-5H3,(H,46,54,55)/t25-,26+,27?,29?,33?. The quantitative estimate of drug-likeness (QED) is 0.200. The molecule has 0 spiro atoms. The van der Waals surface area contributed by atoms with Crippen LogP contribution in [0.1, 0.15) is 102 Å². The summed E-state index contributed by atoms with van der Waals surface area (Å²) in [7, 11) is 1.84. The van der Waals surface area contributed by atoms with Crippen LogP contribution in [0, 0.1) is 17.2 Å². The maximum absolute atomic E-state index is 13.6. The van der Waals surface area contributed by atoms with Gasteiger partial charge in [0, 0.05) is 56.5 Å². The summed E-state index contributed by atoms with van der Waals surface area (Å²) < 4.78 is 1.76. The molecule has 7 rings (SSSR count). The number of ketones is 1. The second-order valence-corrected chi connectivity index (χ2v) is 17.7. The SMILES string of the molecule is C[C@@H]1CN(CCCC2CCC(N3C(=S)N(c4cnc(C#N)c(Cl)c4)C(=O)C3(C)C)CC2)C[C@H](C)N1CC(=O)Cc1cccc2c(C3CCC(=O)NC3=O)nn(C)c12. The van der Waals surface area contributed by atoms with Gasteiger partial charge in [0.2, 0.25) is 11.8 Å². The average molecular weight is 814 g/mol. The number of nitriles is 1. The van der Waals surface area contributed by atoms with Crippen molar-refractivity contribution < 1.29 is 19.2 Å². The molecule has 302 valence electrons. The number of aromatic nitrogens is 3. The minimum absolute atomic E-state index is 0.114. The zero-order valence-electron chi connectivity index (χ0n) is 33.5. The van der Waals surface area contributed by atoms with Crippen LogP contribution in [0.15, 0.2) is 30.5 Å². The first-order valence-corrected chi connectivity index (χ1v) is 21.0. The van der Waals surface area contributed by atoms with Gasteiger partial charge in [-0.15, -0.1) is 0 Å². The number of imide groups is 1. The summed E-state index contributed by atoms with van der Waals surface area (Å²) in [5, 5.41) is 17.9. The monoisotopic (exact) mass is 813 g/mol. The topological polar surface area (TPSA) is 148 Å². The summed E-state index contributed by atoms with van der Waals surface area (Å²) in [5.74, 6) is -0.388. The van der Waals surface area contributed by atoms with E-state index < -0.39 is 11.5 Å². The van der Waals surface area contributed by atoms with Crippen LogP contribution >= 0.6 is 23.8 Å². The zero-order valence-corrected chi connectivity index (χ0v) is 35.0. The first kappa shape index (κ1) is 40.9. The molecular formula is C42H52ClN9O4S. The van der Waals surface area contributed by atoms with E-state index in [-0.39, 0.29) is 65.2 Å². The summed E-state index contributed by atoms with van der Waals surface area (Å²) >= 11 is 12.2. The number of nitrogens with zero attached hydrogens (tertiary/aromatic N) is 8. The normalized spacial score (nSPS) is 25.9. The number of hydrogen-bond donors (Lipinski definition) is 1. The molecule has 1 unspecified atom stereocenters. The molecular weight excluding hydrogens is 762 g/mol. The molecule has 3 saturated heterocycles. The van der Waals surface area contributed by atoms with E-state index in [0.717, 1.165) is 74.6 Å². The largest absolute Gasteiger partial charge is 0.331 e. The van der Waals surface area contributed by atoms with Crippen LogP contribution in [0.5, 0.6) is 0 Å². The van der Waals surface area contributed by atoms with Crippen molar-refractivity contribution in [2.75, 3.05) is 31.1 Å². The van der Waals surface area contributed by atoms with Crippen LogP contribution in [0.2, 0.25) is 5.02 Å². The number of piperazine rings is 1. The van der Waals surface area contributed by atoms with Gasteiger partial charge >= 0.3 is 0 Å². The Morgan fingerprint density at radius 2 is 1.81 bits per heavy atom. The number of piperidine rings is 1. The molecule has 2 aromatic heterocycles. The first-order chi connectivity index (χ1) is 27.2. The van der Waals surface area contributed by atoms with E-state index >= 15 is 0 Å². The van der Waals surface area contributed by atoms with Crippen molar-refractivity contribution in [3.63, 3.8) is 0 Å². The van der Waals surface area contributed by atoms with Gasteiger partial charge in [-0.2, -0.15) is 10.4 Å². The van der Waals surface area contributed by atoms with Crippen LogP contribution < -0.4 is 10.2 Å². The molecule has 5 heterocycles. The van der Waals surface area contributed by atoms with E-state index in [1.54, 1.807) is 10.7 Å². The van der Waals surface area contributed by atoms with Gasteiger partial charge in [-0.1, -0.05) is 29.8 Å². The zero-order chi connectivity index (χ0) is 40.8. The summed E-state index contributed by atoms with van der Waals surface area (Å²) in [6.45, 7) is 11.5. The molecule has 1 N–H and O–H groups in total. The van der Waals surface area contributed by atoms with Gasteiger partial charge in [-0.3, -0.25) is 39.0 Å². The lowest BCUT2D eigenvalue weighted by Crippen LogP contribution is -2.58. The Morgan fingerprint density at radius 1 is 1.09 bits per heavy atom. The molecule has 1 aromatic carbocycles. The second-order valence-electron chi connectivity index (χ2n) is 17.0. The van der Waals surface area contributed by atoms with Crippen molar-refractivity contribution in [1.82, 2.24) is 34.8 Å². The number of hydrogen-bond acceptors (Lipinski definition) is 10. The van der Waals surface area contributed by atoms with Crippen molar-refractivity contribution in [1.29, 1.82) is 5.26 Å². The summed E-state index contributed by atoms with van der Waals surface area (Å²) in [6, 6.07) is 10.0. The number of pyridine rings is 1. The lowest BCUT2D eigenvalue weighted by molar-refractivity contribution is -0.134. The van der Waals surface area contributed by atoms with Crippen molar-refractivity contribution in [2.24, 2.45) is 13.0 Å². The number of anilines is 1. The molecule has 3 aliphatic heterocycles.